The lowest BCUT2D eigenvalue weighted by Crippen LogP contribution is -2.43. The summed E-state index contributed by atoms with van der Waals surface area (Å²) >= 11 is 1.98. The number of hydrogen-bond donors (Lipinski definition) is 2. The Morgan fingerprint density at radius 3 is 2.95 bits per heavy atom. The molecule has 20 heavy (non-hydrogen) atoms. The highest BCUT2D eigenvalue weighted by Gasteiger charge is 2.24. The molecule has 0 aliphatic heterocycles. The second kappa shape index (κ2) is 9.49. The van der Waals surface area contributed by atoms with Crippen molar-refractivity contribution < 1.29 is 0 Å². The molecule has 114 valence electrons. The van der Waals surface area contributed by atoms with Crippen molar-refractivity contribution in [2.75, 3.05) is 19.8 Å². The number of aliphatic imine (C=N–C) groups is 1. The van der Waals surface area contributed by atoms with Crippen molar-refractivity contribution in [3.8, 4) is 0 Å². The molecule has 1 fully saturated rings. The Bertz CT molecular complexity index is 395. The highest BCUT2D eigenvalue weighted by atomic mass is 127. The van der Waals surface area contributed by atoms with Gasteiger partial charge in [-0.3, -0.25) is 4.99 Å². The van der Waals surface area contributed by atoms with Crippen LogP contribution in [0.2, 0.25) is 0 Å². The molecule has 0 aromatic carbocycles. The van der Waals surface area contributed by atoms with Crippen LogP contribution in [0.1, 0.15) is 19.3 Å². The molecule has 1 aromatic heterocycles. The van der Waals surface area contributed by atoms with E-state index in [2.05, 4.69) is 31.4 Å². The molecule has 0 saturated heterocycles. The van der Waals surface area contributed by atoms with Gasteiger partial charge in [0.15, 0.2) is 5.96 Å². The molecule has 0 bridgehead atoms. The SMILES string of the molecule is CN=C(NCCn1ccnc1)NC1CCC(SC)C1.I. The summed E-state index contributed by atoms with van der Waals surface area (Å²) in [5.41, 5.74) is 0. The van der Waals surface area contributed by atoms with Gasteiger partial charge in [-0.25, -0.2) is 4.98 Å². The topological polar surface area (TPSA) is 54.2 Å². The van der Waals surface area contributed by atoms with Crippen LogP contribution in [-0.2, 0) is 6.54 Å². The fourth-order valence-corrected chi connectivity index (χ4v) is 3.19. The van der Waals surface area contributed by atoms with E-state index < -0.39 is 0 Å². The van der Waals surface area contributed by atoms with Crippen molar-refractivity contribution in [2.24, 2.45) is 4.99 Å². The Kier molecular flexibility index (Phi) is 8.35. The van der Waals surface area contributed by atoms with Gasteiger partial charge in [0.2, 0.25) is 0 Å². The molecule has 2 unspecified atom stereocenters. The van der Waals surface area contributed by atoms with Crippen molar-refractivity contribution in [1.82, 2.24) is 20.2 Å². The zero-order valence-electron chi connectivity index (χ0n) is 12.1. The first-order valence-corrected chi connectivity index (χ1v) is 8.06. The van der Waals surface area contributed by atoms with Crippen molar-refractivity contribution in [3.05, 3.63) is 18.7 Å². The predicted molar refractivity (Wildman–Crippen MR) is 97.1 cm³/mol. The van der Waals surface area contributed by atoms with Crippen LogP contribution in [0.4, 0.5) is 0 Å². The number of imidazole rings is 1. The van der Waals surface area contributed by atoms with E-state index in [4.69, 9.17) is 0 Å². The van der Waals surface area contributed by atoms with Gasteiger partial charge in [-0.2, -0.15) is 11.8 Å². The van der Waals surface area contributed by atoms with Gasteiger partial charge >= 0.3 is 0 Å². The average Bonchev–Trinajstić information content (AvgIpc) is 3.08. The Balaban J connectivity index is 0.00000200. The maximum Gasteiger partial charge on any atom is 0.191 e. The molecule has 1 aromatic rings. The normalized spacial score (nSPS) is 22.4. The van der Waals surface area contributed by atoms with Gasteiger partial charge in [0, 0.05) is 43.8 Å². The van der Waals surface area contributed by atoms with Gasteiger partial charge in [-0.15, -0.1) is 24.0 Å². The minimum absolute atomic E-state index is 0. The summed E-state index contributed by atoms with van der Waals surface area (Å²) in [5.74, 6) is 0.909. The third-order valence-corrected chi connectivity index (χ3v) is 4.60. The van der Waals surface area contributed by atoms with E-state index in [1.165, 1.54) is 19.3 Å². The van der Waals surface area contributed by atoms with Crippen LogP contribution in [-0.4, -0.2) is 46.7 Å². The minimum Gasteiger partial charge on any atom is -0.355 e. The summed E-state index contributed by atoms with van der Waals surface area (Å²) in [6.45, 7) is 1.76. The summed E-state index contributed by atoms with van der Waals surface area (Å²) in [5, 5.41) is 7.67. The Hall–Kier alpha value is -0.440. The van der Waals surface area contributed by atoms with Gasteiger partial charge in [0.25, 0.3) is 0 Å². The van der Waals surface area contributed by atoms with Crippen LogP contribution in [0.15, 0.2) is 23.7 Å². The van der Waals surface area contributed by atoms with E-state index in [1.807, 2.05) is 31.3 Å². The van der Waals surface area contributed by atoms with Crippen LogP contribution >= 0.6 is 35.7 Å². The first kappa shape index (κ1) is 17.6. The standard InChI is InChI=1S/C13H23N5S.HI/c1-14-13(16-6-8-18-7-5-15-10-18)17-11-3-4-12(9-11)19-2;/h5,7,10-12H,3-4,6,8-9H2,1-2H3,(H2,14,16,17);1H. The molecule has 0 radical (unpaired) electrons. The van der Waals surface area contributed by atoms with Crippen LogP contribution in [0.25, 0.3) is 0 Å². The number of guanidine groups is 1. The fourth-order valence-electron chi connectivity index (χ4n) is 2.40. The van der Waals surface area contributed by atoms with Gasteiger partial charge < -0.3 is 15.2 Å². The summed E-state index contributed by atoms with van der Waals surface area (Å²) in [7, 11) is 1.83. The molecule has 7 heteroatoms. The van der Waals surface area contributed by atoms with Crippen molar-refractivity contribution in [3.63, 3.8) is 0 Å². The number of halogens is 1. The molecule has 5 nitrogen and oxygen atoms in total. The summed E-state index contributed by atoms with van der Waals surface area (Å²) in [6.07, 6.45) is 11.6. The summed E-state index contributed by atoms with van der Waals surface area (Å²) in [4.78, 5) is 8.31. The van der Waals surface area contributed by atoms with Gasteiger partial charge in [0.1, 0.15) is 0 Å². The fraction of sp³-hybridized carbons (Fsp3) is 0.692. The average molecular weight is 409 g/mol. The minimum atomic E-state index is 0. The third kappa shape index (κ3) is 5.51. The van der Waals surface area contributed by atoms with Crippen molar-refractivity contribution >= 4 is 41.7 Å². The largest absolute Gasteiger partial charge is 0.355 e. The first-order chi connectivity index (χ1) is 9.31. The van der Waals surface area contributed by atoms with E-state index in [-0.39, 0.29) is 24.0 Å². The molecular weight excluding hydrogens is 385 g/mol. The van der Waals surface area contributed by atoms with Crippen LogP contribution in [0, 0.1) is 0 Å². The number of hydrogen-bond acceptors (Lipinski definition) is 3. The van der Waals surface area contributed by atoms with Crippen molar-refractivity contribution in [1.29, 1.82) is 0 Å². The number of nitrogens with zero attached hydrogens (tertiary/aromatic N) is 3. The highest BCUT2D eigenvalue weighted by molar-refractivity contribution is 14.0. The van der Waals surface area contributed by atoms with E-state index in [9.17, 15) is 0 Å². The van der Waals surface area contributed by atoms with E-state index in [1.54, 1.807) is 6.20 Å². The molecule has 2 N–H and O–H groups in total. The Labute approximate surface area is 142 Å². The molecule has 1 heterocycles. The molecule has 1 saturated carbocycles. The lowest BCUT2D eigenvalue weighted by atomic mass is 10.2. The zero-order chi connectivity index (χ0) is 13.5. The van der Waals surface area contributed by atoms with Gasteiger partial charge in [0.05, 0.1) is 6.33 Å². The number of nitrogens with one attached hydrogen (secondary N) is 2. The molecule has 2 rings (SSSR count). The van der Waals surface area contributed by atoms with E-state index in [0.29, 0.717) is 6.04 Å². The van der Waals surface area contributed by atoms with Crippen LogP contribution in [0.3, 0.4) is 0 Å². The number of rotatable bonds is 5. The smallest absolute Gasteiger partial charge is 0.191 e. The molecule has 1 aliphatic carbocycles. The van der Waals surface area contributed by atoms with Crippen molar-refractivity contribution in [2.45, 2.75) is 37.1 Å². The second-order valence-electron chi connectivity index (χ2n) is 4.81. The molecular formula is C13H24IN5S. The van der Waals surface area contributed by atoms with Gasteiger partial charge in [-0.05, 0) is 25.5 Å². The molecule has 0 spiro atoms. The molecule has 2 atom stereocenters. The van der Waals surface area contributed by atoms with Crippen LogP contribution in [0.5, 0.6) is 0 Å². The number of thioether (sulfide) groups is 1. The lowest BCUT2D eigenvalue weighted by molar-refractivity contribution is 0.602. The van der Waals surface area contributed by atoms with Crippen LogP contribution < -0.4 is 10.6 Å². The predicted octanol–water partition coefficient (Wildman–Crippen LogP) is 1.95. The lowest BCUT2D eigenvalue weighted by Gasteiger charge is -2.17. The summed E-state index contributed by atoms with van der Waals surface area (Å²) < 4.78 is 2.06. The summed E-state index contributed by atoms with van der Waals surface area (Å²) in [6, 6.07) is 0.567. The second-order valence-corrected chi connectivity index (χ2v) is 5.95. The molecule has 0 amide bonds. The quantitative estimate of drug-likeness (QED) is 0.444. The number of aromatic nitrogens is 2. The maximum atomic E-state index is 4.28. The van der Waals surface area contributed by atoms with E-state index >= 15 is 0 Å². The third-order valence-electron chi connectivity index (χ3n) is 3.50. The monoisotopic (exact) mass is 409 g/mol. The zero-order valence-corrected chi connectivity index (χ0v) is 15.2. The maximum absolute atomic E-state index is 4.28. The first-order valence-electron chi connectivity index (χ1n) is 6.77. The highest BCUT2D eigenvalue weighted by Crippen LogP contribution is 2.27. The van der Waals surface area contributed by atoms with Gasteiger partial charge in [-0.1, -0.05) is 0 Å². The Morgan fingerprint density at radius 2 is 2.35 bits per heavy atom. The van der Waals surface area contributed by atoms with E-state index in [0.717, 1.165) is 24.3 Å². The Morgan fingerprint density at radius 1 is 1.50 bits per heavy atom. The molecule has 1 aliphatic rings.